The van der Waals surface area contributed by atoms with Gasteiger partial charge < -0.3 is 10.8 Å². The fourth-order valence-corrected chi connectivity index (χ4v) is 2.02. The third kappa shape index (κ3) is 2.75. The first kappa shape index (κ1) is 13.3. The molecule has 5 nitrogen and oxygen atoms in total. The topological polar surface area (TPSA) is 87.8 Å². The average Bonchev–Trinajstić information content (AvgIpc) is 2.97. The van der Waals surface area contributed by atoms with E-state index in [4.69, 9.17) is 5.73 Å². The molecule has 0 spiro atoms. The number of aromatic amines is 1. The van der Waals surface area contributed by atoms with Gasteiger partial charge in [-0.2, -0.15) is 5.10 Å². The smallest absolute Gasteiger partial charge is 0.181 e. The first-order valence-corrected chi connectivity index (χ1v) is 6.36. The van der Waals surface area contributed by atoms with Crippen LogP contribution in [0.2, 0.25) is 0 Å². The lowest BCUT2D eigenvalue weighted by Crippen LogP contribution is -2.13. The number of hydrogen-bond donors (Lipinski definition) is 3. The molecular weight excluding hydrogens is 271 g/mol. The Hall–Kier alpha value is -2.73. The van der Waals surface area contributed by atoms with Crippen molar-refractivity contribution in [3.05, 3.63) is 65.7 Å². The molecule has 1 heterocycles. The number of rotatable bonds is 3. The van der Waals surface area contributed by atoms with Crippen LogP contribution in [-0.4, -0.2) is 20.3 Å². The summed E-state index contributed by atoms with van der Waals surface area (Å²) in [6.45, 7) is 0. The van der Waals surface area contributed by atoms with Crippen LogP contribution in [-0.2, 0) is 0 Å². The van der Waals surface area contributed by atoms with Crippen molar-refractivity contribution < 1.29 is 9.50 Å². The van der Waals surface area contributed by atoms with Crippen LogP contribution in [0, 0.1) is 5.82 Å². The maximum atomic E-state index is 12.9. The molecule has 3 rings (SSSR count). The zero-order chi connectivity index (χ0) is 14.8. The van der Waals surface area contributed by atoms with E-state index in [9.17, 15) is 9.50 Å². The van der Waals surface area contributed by atoms with E-state index in [1.165, 1.54) is 12.1 Å². The molecule has 0 fully saturated rings. The van der Waals surface area contributed by atoms with E-state index in [-0.39, 0.29) is 11.6 Å². The number of H-pyrrole nitrogens is 1. The quantitative estimate of drug-likeness (QED) is 0.689. The second-order valence-electron chi connectivity index (χ2n) is 4.62. The lowest BCUT2D eigenvalue weighted by molar-refractivity contribution is 0.475. The highest BCUT2D eigenvalue weighted by Gasteiger charge is 2.15. The molecule has 0 saturated carbocycles. The van der Waals surface area contributed by atoms with Crippen LogP contribution in [0.25, 0.3) is 11.4 Å². The summed E-state index contributed by atoms with van der Waals surface area (Å²) in [5.41, 5.74) is 7.50. The molecule has 0 saturated heterocycles. The molecule has 6 heteroatoms. The van der Waals surface area contributed by atoms with Crippen LogP contribution in [0.4, 0.5) is 4.39 Å². The maximum absolute atomic E-state index is 12.9. The van der Waals surface area contributed by atoms with Crippen LogP contribution in [0.15, 0.2) is 48.5 Å². The minimum atomic E-state index is -0.524. The van der Waals surface area contributed by atoms with Crippen molar-refractivity contribution in [1.82, 2.24) is 15.2 Å². The molecule has 0 aliphatic heterocycles. The Balaban J connectivity index is 1.89. The van der Waals surface area contributed by atoms with Crippen molar-refractivity contribution in [2.24, 2.45) is 5.73 Å². The molecule has 0 unspecified atom stereocenters. The van der Waals surface area contributed by atoms with Crippen molar-refractivity contribution in [3.8, 4) is 17.1 Å². The number of nitrogens with zero attached hydrogens (tertiary/aromatic N) is 2. The summed E-state index contributed by atoms with van der Waals surface area (Å²) in [7, 11) is 0. The maximum Gasteiger partial charge on any atom is 0.181 e. The minimum Gasteiger partial charge on any atom is -0.508 e. The molecule has 1 atom stereocenters. The van der Waals surface area contributed by atoms with E-state index >= 15 is 0 Å². The first-order valence-electron chi connectivity index (χ1n) is 6.36. The molecule has 3 aromatic rings. The summed E-state index contributed by atoms with van der Waals surface area (Å²) in [5, 5.41) is 16.3. The molecule has 1 aromatic heterocycles. The van der Waals surface area contributed by atoms with Crippen molar-refractivity contribution in [2.45, 2.75) is 6.04 Å². The Morgan fingerprint density at radius 2 is 1.90 bits per heavy atom. The van der Waals surface area contributed by atoms with Gasteiger partial charge in [0.15, 0.2) is 5.82 Å². The van der Waals surface area contributed by atoms with E-state index in [2.05, 4.69) is 15.2 Å². The van der Waals surface area contributed by atoms with Crippen molar-refractivity contribution in [3.63, 3.8) is 0 Å². The summed E-state index contributed by atoms with van der Waals surface area (Å²) in [6, 6.07) is 12.0. The lowest BCUT2D eigenvalue weighted by Gasteiger charge is -2.07. The Kier molecular flexibility index (Phi) is 3.37. The molecule has 0 amide bonds. The summed E-state index contributed by atoms with van der Waals surface area (Å²) in [6.07, 6.45) is 0. The molecule has 106 valence electrons. The SMILES string of the molecule is N[C@H](c1ccc(F)cc1)c1nc(-c2cccc(O)c2)n[nH]1. The van der Waals surface area contributed by atoms with Crippen LogP contribution < -0.4 is 5.73 Å². The zero-order valence-corrected chi connectivity index (χ0v) is 11.0. The number of phenolic OH excluding ortho intramolecular Hbond substituents is 1. The van der Waals surface area contributed by atoms with Crippen LogP contribution in [0.1, 0.15) is 17.4 Å². The third-order valence-corrected chi connectivity index (χ3v) is 3.13. The number of benzene rings is 2. The van der Waals surface area contributed by atoms with Crippen LogP contribution >= 0.6 is 0 Å². The molecule has 4 N–H and O–H groups in total. The predicted octanol–water partition coefficient (Wildman–Crippen LogP) is 2.36. The van der Waals surface area contributed by atoms with E-state index in [1.54, 1.807) is 36.4 Å². The zero-order valence-electron chi connectivity index (χ0n) is 11.0. The van der Waals surface area contributed by atoms with Gasteiger partial charge in [-0.3, -0.25) is 5.10 Å². The van der Waals surface area contributed by atoms with Gasteiger partial charge in [0.2, 0.25) is 0 Å². The Morgan fingerprint density at radius 3 is 2.62 bits per heavy atom. The molecule has 0 aliphatic carbocycles. The van der Waals surface area contributed by atoms with Crippen molar-refractivity contribution in [2.75, 3.05) is 0 Å². The molecule has 0 bridgehead atoms. The predicted molar refractivity (Wildman–Crippen MR) is 75.9 cm³/mol. The highest BCUT2D eigenvalue weighted by atomic mass is 19.1. The van der Waals surface area contributed by atoms with Gasteiger partial charge in [-0.15, -0.1) is 0 Å². The van der Waals surface area contributed by atoms with E-state index in [0.29, 0.717) is 17.2 Å². The highest BCUT2D eigenvalue weighted by Crippen LogP contribution is 2.22. The first-order chi connectivity index (χ1) is 10.1. The third-order valence-electron chi connectivity index (χ3n) is 3.13. The van der Waals surface area contributed by atoms with Gasteiger partial charge in [-0.1, -0.05) is 24.3 Å². The lowest BCUT2D eigenvalue weighted by atomic mass is 10.1. The summed E-state index contributed by atoms with van der Waals surface area (Å²) >= 11 is 0. The van der Waals surface area contributed by atoms with E-state index < -0.39 is 6.04 Å². The molecule has 21 heavy (non-hydrogen) atoms. The van der Waals surface area contributed by atoms with Crippen LogP contribution in [0.5, 0.6) is 5.75 Å². The van der Waals surface area contributed by atoms with E-state index in [0.717, 1.165) is 5.56 Å². The van der Waals surface area contributed by atoms with Gasteiger partial charge in [0, 0.05) is 5.56 Å². The summed E-state index contributed by atoms with van der Waals surface area (Å²) in [4.78, 5) is 4.32. The summed E-state index contributed by atoms with van der Waals surface area (Å²) in [5.74, 6) is 0.740. The average molecular weight is 284 g/mol. The van der Waals surface area contributed by atoms with Crippen molar-refractivity contribution in [1.29, 1.82) is 0 Å². The van der Waals surface area contributed by atoms with Gasteiger partial charge in [0.05, 0.1) is 6.04 Å². The number of halogens is 1. The fraction of sp³-hybridized carbons (Fsp3) is 0.0667. The Bertz CT molecular complexity index is 754. The standard InChI is InChI=1S/C15H13FN4O/c16-11-6-4-9(5-7-11)13(17)15-18-14(19-20-15)10-2-1-3-12(21)8-10/h1-8,13,21H,17H2,(H,18,19,20)/t13-/m1/s1. The number of hydrogen-bond acceptors (Lipinski definition) is 4. The van der Waals surface area contributed by atoms with Gasteiger partial charge in [0.1, 0.15) is 17.4 Å². The van der Waals surface area contributed by atoms with Crippen molar-refractivity contribution >= 4 is 0 Å². The number of nitrogens with one attached hydrogen (secondary N) is 1. The second kappa shape index (κ2) is 5.34. The highest BCUT2D eigenvalue weighted by molar-refractivity contribution is 5.57. The monoisotopic (exact) mass is 284 g/mol. The molecule has 0 aliphatic rings. The molecule has 2 aromatic carbocycles. The Morgan fingerprint density at radius 1 is 1.14 bits per heavy atom. The fourth-order valence-electron chi connectivity index (χ4n) is 2.02. The second-order valence-corrected chi connectivity index (χ2v) is 4.62. The number of aromatic hydroxyl groups is 1. The Labute approximate surface area is 120 Å². The summed E-state index contributed by atoms with van der Waals surface area (Å²) < 4.78 is 12.9. The van der Waals surface area contributed by atoms with Gasteiger partial charge in [-0.05, 0) is 29.8 Å². The number of phenols is 1. The van der Waals surface area contributed by atoms with Crippen LogP contribution in [0.3, 0.4) is 0 Å². The van der Waals surface area contributed by atoms with E-state index in [1.807, 2.05) is 0 Å². The number of aromatic nitrogens is 3. The van der Waals surface area contributed by atoms with Gasteiger partial charge in [-0.25, -0.2) is 9.37 Å². The largest absolute Gasteiger partial charge is 0.508 e. The number of nitrogens with two attached hydrogens (primary N) is 1. The minimum absolute atomic E-state index is 0.140. The molecule has 0 radical (unpaired) electrons. The molecular formula is C15H13FN4O. The van der Waals surface area contributed by atoms with Gasteiger partial charge >= 0.3 is 0 Å². The normalized spacial score (nSPS) is 12.3. The van der Waals surface area contributed by atoms with Gasteiger partial charge in [0.25, 0.3) is 0 Å².